The molecule has 0 aromatic heterocycles. The minimum atomic E-state index is -0.681. The zero-order valence-electron chi connectivity index (χ0n) is 16.1. The van der Waals surface area contributed by atoms with E-state index in [1.807, 2.05) is 84.9 Å². The highest BCUT2D eigenvalue weighted by atomic mass is 79.9. The lowest BCUT2D eigenvalue weighted by atomic mass is 9.87. The summed E-state index contributed by atoms with van der Waals surface area (Å²) in [6, 6.07) is 27.0. The first kappa shape index (κ1) is 19.5. The predicted octanol–water partition coefficient (Wildman–Crippen LogP) is 6.00. The molecule has 4 rings (SSSR count). The summed E-state index contributed by atoms with van der Waals surface area (Å²) in [6.45, 7) is 0. The predicted molar refractivity (Wildman–Crippen MR) is 118 cm³/mol. The molecule has 0 aliphatic carbocycles. The Bertz CT molecular complexity index is 1040. The van der Waals surface area contributed by atoms with Crippen LogP contribution >= 0.6 is 15.9 Å². The number of ketones is 1. The summed E-state index contributed by atoms with van der Waals surface area (Å²) >= 11 is 3.65. The summed E-state index contributed by atoms with van der Waals surface area (Å²) in [5.74, 6) is 1.40. The van der Waals surface area contributed by atoms with Crippen LogP contribution in [-0.2, 0) is 10.3 Å². The number of hydrogen-bond acceptors (Lipinski definition) is 3. The maximum atomic E-state index is 13.4. The van der Waals surface area contributed by atoms with Crippen molar-refractivity contribution in [3.05, 3.63) is 107 Å². The number of ether oxygens (including phenoxy) is 2. The second-order valence-electron chi connectivity index (χ2n) is 7.01. The SMILES string of the molecule is COc1cccc([C@]2(CBr)CC(C(=O)c3ccccc3)=C(c3ccccc3)O2)c1. The van der Waals surface area contributed by atoms with E-state index >= 15 is 0 Å². The molecule has 1 aliphatic rings. The quantitative estimate of drug-likeness (QED) is 0.342. The van der Waals surface area contributed by atoms with Gasteiger partial charge in [-0.25, -0.2) is 0 Å². The molecule has 1 aliphatic heterocycles. The van der Waals surface area contributed by atoms with Gasteiger partial charge in [-0.05, 0) is 12.1 Å². The third-order valence-electron chi connectivity index (χ3n) is 5.19. The van der Waals surface area contributed by atoms with E-state index in [1.165, 1.54) is 0 Å². The Morgan fingerprint density at radius 1 is 1.00 bits per heavy atom. The van der Waals surface area contributed by atoms with Crippen LogP contribution in [0.2, 0.25) is 0 Å². The van der Waals surface area contributed by atoms with Gasteiger partial charge in [0.15, 0.2) is 5.78 Å². The number of alkyl halides is 1. The number of carbonyl (C=O) groups excluding carboxylic acids is 1. The van der Waals surface area contributed by atoms with E-state index in [0.717, 1.165) is 16.9 Å². The van der Waals surface area contributed by atoms with E-state index in [2.05, 4.69) is 15.9 Å². The number of carbonyl (C=O) groups is 1. The average molecular weight is 449 g/mol. The number of hydrogen-bond donors (Lipinski definition) is 0. The van der Waals surface area contributed by atoms with Gasteiger partial charge in [0, 0.05) is 34.0 Å². The molecule has 4 heteroatoms. The van der Waals surface area contributed by atoms with E-state index in [-0.39, 0.29) is 5.78 Å². The molecule has 0 radical (unpaired) electrons. The Morgan fingerprint density at radius 3 is 2.34 bits per heavy atom. The van der Waals surface area contributed by atoms with Crippen molar-refractivity contribution in [2.24, 2.45) is 0 Å². The lowest BCUT2D eigenvalue weighted by Crippen LogP contribution is -2.28. The second-order valence-corrected chi connectivity index (χ2v) is 7.57. The fourth-order valence-corrected chi connectivity index (χ4v) is 4.28. The van der Waals surface area contributed by atoms with Crippen molar-refractivity contribution in [2.75, 3.05) is 12.4 Å². The van der Waals surface area contributed by atoms with Crippen LogP contribution in [0.15, 0.2) is 90.5 Å². The van der Waals surface area contributed by atoms with Gasteiger partial charge in [0.1, 0.15) is 17.1 Å². The largest absolute Gasteiger partial charge is 0.497 e. The highest BCUT2D eigenvalue weighted by Crippen LogP contribution is 2.48. The van der Waals surface area contributed by atoms with Crippen molar-refractivity contribution < 1.29 is 14.3 Å². The molecule has 0 saturated carbocycles. The van der Waals surface area contributed by atoms with Crippen molar-refractivity contribution in [3.63, 3.8) is 0 Å². The van der Waals surface area contributed by atoms with Gasteiger partial charge in [0.05, 0.1) is 7.11 Å². The molecule has 0 spiro atoms. The van der Waals surface area contributed by atoms with Crippen LogP contribution in [-0.4, -0.2) is 18.2 Å². The van der Waals surface area contributed by atoms with E-state index in [1.54, 1.807) is 7.11 Å². The van der Waals surface area contributed by atoms with E-state index in [0.29, 0.717) is 28.6 Å². The normalized spacial score (nSPS) is 18.4. The van der Waals surface area contributed by atoms with Crippen LogP contribution in [0, 0.1) is 0 Å². The summed E-state index contributed by atoms with van der Waals surface area (Å²) in [5, 5.41) is 0.551. The van der Waals surface area contributed by atoms with Crippen molar-refractivity contribution in [1.29, 1.82) is 0 Å². The molecule has 0 unspecified atom stereocenters. The number of rotatable bonds is 6. The van der Waals surface area contributed by atoms with Gasteiger partial charge in [-0.1, -0.05) is 88.7 Å². The van der Waals surface area contributed by atoms with E-state index in [9.17, 15) is 4.79 Å². The molecule has 1 heterocycles. The topological polar surface area (TPSA) is 35.5 Å². The fraction of sp³-hybridized carbons (Fsp3) is 0.160. The first-order valence-electron chi connectivity index (χ1n) is 9.45. The van der Waals surface area contributed by atoms with Gasteiger partial charge in [-0.15, -0.1) is 0 Å². The Hall–Kier alpha value is -2.85. The molecule has 0 bridgehead atoms. The molecule has 0 saturated heterocycles. The molecular weight excluding hydrogens is 428 g/mol. The molecule has 0 amide bonds. The highest BCUT2D eigenvalue weighted by Gasteiger charge is 2.44. The third-order valence-corrected chi connectivity index (χ3v) is 6.10. The van der Waals surface area contributed by atoms with Crippen LogP contribution in [0.5, 0.6) is 5.75 Å². The average Bonchev–Trinajstić information content (AvgIpc) is 3.21. The smallest absolute Gasteiger partial charge is 0.192 e. The first-order valence-corrected chi connectivity index (χ1v) is 10.6. The second kappa shape index (κ2) is 8.26. The highest BCUT2D eigenvalue weighted by molar-refractivity contribution is 9.09. The number of Topliss-reactive ketones (excluding diaryl/α,β-unsaturated/α-hetero) is 1. The minimum absolute atomic E-state index is 0.00447. The summed E-state index contributed by atoms with van der Waals surface area (Å²) in [5.41, 5.74) is 2.54. The van der Waals surface area contributed by atoms with Gasteiger partial charge in [0.25, 0.3) is 0 Å². The molecule has 29 heavy (non-hydrogen) atoms. The molecule has 1 atom stereocenters. The number of methoxy groups -OCH3 is 1. The Balaban J connectivity index is 1.81. The molecule has 3 aromatic rings. The molecule has 3 aromatic carbocycles. The molecule has 146 valence electrons. The van der Waals surface area contributed by atoms with Crippen LogP contribution < -0.4 is 4.74 Å². The number of halogens is 1. The summed E-state index contributed by atoms with van der Waals surface area (Å²) in [6.07, 6.45) is 0.476. The number of benzene rings is 3. The zero-order chi connectivity index (χ0) is 20.3. The zero-order valence-corrected chi connectivity index (χ0v) is 17.7. The van der Waals surface area contributed by atoms with Crippen molar-refractivity contribution in [2.45, 2.75) is 12.0 Å². The first-order chi connectivity index (χ1) is 14.2. The van der Waals surface area contributed by atoms with Crippen LogP contribution in [0.4, 0.5) is 0 Å². The fourth-order valence-electron chi connectivity index (χ4n) is 3.65. The summed E-state index contributed by atoms with van der Waals surface area (Å²) in [4.78, 5) is 13.4. The third kappa shape index (κ3) is 3.73. The molecule has 0 fully saturated rings. The van der Waals surface area contributed by atoms with Gasteiger partial charge in [-0.3, -0.25) is 4.79 Å². The maximum absolute atomic E-state index is 13.4. The van der Waals surface area contributed by atoms with Crippen LogP contribution in [0.1, 0.15) is 27.9 Å². The van der Waals surface area contributed by atoms with Gasteiger partial charge < -0.3 is 9.47 Å². The molecular formula is C25H21BrO3. The standard InChI is InChI=1S/C25H21BrO3/c1-28-21-14-8-13-20(15-21)25(17-26)16-22(23(27)18-9-4-2-5-10-18)24(29-25)19-11-6-3-7-12-19/h2-15H,16-17H2,1H3/t25-/m1/s1. The lowest BCUT2D eigenvalue weighted by Gasteiger charge is -2.29. The molecule has 3 nitrogen and oxygen atoms in total. The van der Waals surface area contributed by atoms with Gasteiger partial charge in [-0.2, -0.15) is 0 Å². The van der Waals surface area contributed by atoms with E-state index in [4.69, 9.17) is 9.47 Å². The summed E-state index contributed by atoms with van der Waals surface area (Å²) < 4.78 is 12.0. The minimum Gasteiger partial charge on any atom is -0.497 e. The van der Waals surface area contributed by atoms with Crippen molar-refractivity contribution >= 4 is 27.5 Å². The van der Waals surface area contributed by atoms with Gasteiger partial charge >= 0.3 is 0 Å². The lowest BCUT2D eigenvalue weighted by molar-refractivity contribution is 0.0823. The van der Waals surface area contributed by atoms with E-state index < -0.39 is 5.60 Å². The van der Waals surface area contributed by atoms with Crippen LogP contribution in [0.3, 0.4) is 0 Å². The van der Waals surface area contributed by atoms with Crippen molar-refractivity contribution in [3.8, 4) is 5.75 Å². The van der Waals surface area contributed by atoms with Gasteiger partial charge in [0.2, 0.25) is 0 Å². The summed E-state index contributed by atoms with van der Waals surface area (Å²) in [7, 11) is 1.65. The van der Waals surface area contributed by atoms with Crippen molar-refractivity contribution in [1.82, 2.24) is 0 Å². The Kier molecular flexibility index (Phi) is 5.54. The van der Waals surface area contributed by atoms with Crippen LogP contribution in [0.25, 0.3) is 5.76 Å². The Labute approximate surface area is 179 Å². The Morgan fingerprint density at radius 2 is 1.69 bits per heavy atom. The maximum Gasteiger partial charge on any atom is 0.192 e. The monoisotopic (exact) mass is 448 g/mol. The molecule has 0 N–H and O–H groups in total.